The minimum atomic E-state index is -0.264. The van der Waals surface area contributed by atoms with Crippen LogP contribution in [0.15, 0.2) is 28.9 Å². The van der Waals surface area contributed by atoms with E-state index in [4.69, 9.17) is 5.73 Å². The summed E-state index contributed by atoms with van der Waals surface area (Å²) < 4.78 is 17.0. The Morgan fingerprint density at radius 3 is 2.50 bits per heavy atom. The Morgan fingerprint density at radius 2 is 1.93 bits per heavy atom. The first-order valence-corrected chi connectivity index (χ1v) is 4.07. The van der Waals surface area contributed by atoms with E-state index >= 15 is 0 Å². The molecule has 4 nitrogen and oxygen atoms in total. The molecule has 0 amide bonds. The van der Waals surface area contributed by atoms with Gasteiger partial charge in [-0.25, -0.2) is 9.02 Å². The van der Waals surface area contributed by atoms with E-state index in [9.17, 15) is 4.39 Å². The molecule has 0 unspecified atom stereocenters. The van der Waals surface area contributed by atoms with Crippen LogP contribution in [-0.4, -0.2) is 10.3 Å². The number of halogens is 1. The Balaban J connectivity index is 2.19. The summed E-state index contributed by atoms with van der Waals surface area (Å²) in [5.41, 5.74) is 6.95. The summed E-state index contributed by atoms with van der Waals surface area (Å²) >= 11 is 0. The van der Waals surface area contributed by atoms with Gasteiger partial charge in [-0.1, -0.05) is 17.3 Å². The molecule has 2 aromatic rings. The van der Waals surface area contributed by atoms with Gasteiger partial charge in [0, 0.05) is 6.42 Å². The summed E-state index contributed by atoms with van der Waals surface area (Å²) in [5, 5.41) is 7.08. The second kappa shape index (κ2) is 3.45. The van der Waals surface area contributed by atoms with Crippen molar-refractivity contribution in [1.82, 2.24) is 10.3 Å². The molecular weight excluding hydrogens is 185 g/mol. The van der Waals surface area contributed by atoms with E-state index in [-0.39, 0.29) is 11.6 Å². The zero-order valence-corrected chi connectivity index (χ0v) is 7.27. The zero-order valence-electron chi connectivity index (χ0n) is 7.27. The summed E-state index contributed by atoms with van der Waals surface area (Å²) in [4.78, 5) is 0. The number of aromatic nitrogens is 2. The van der Waals surface area contributed by atoms with Gasteiger partial charge in [0.15, 0.2) is 5.82 Å². The molecular formula is C9H8FN3O. The molecule has 0 aliphatic heterocycles. The molecule has 0 saturated heterocycles. The van der Waals surface area contributed by atoms with Gasteiger partial charge < -0.3 is 5.73 Å². The molecule has 2 N–H and O–H groups in total. The molecule has 0 radical (unpaired) electrons. The van der Waals surface area contributed by atoms with E-state index in [1.54, 1.807) is 12.1 Å². The lowest BCUT2D eigenvalue weighted by atomic mass is 10.1. The lowest BCUT2D eigenvalue weighted by Crippen LogP contribution is -1.94. The van der Waals surface area contributed by atoms with Crippen LogP contribution in [0.3, 0.4) is 0 Å². The van der Waals surface area contributed by atoms with Gasteiger partial charge >= 0.3 is 0 Å². The molecule has 0 bridgehead atoms. The van der Waals surface area contributed by atoms with E-state index < -0.39 is 0 Å². The smallest absolute Gasteiger partial charge is 0.191 e. The van der Waals surface area contributed by atoms with Crippen molar-refractivity contribution in [3.05, 3.63) is 41.3 Å². The van der Waals surface area contributed by atoms with E-state index in [1.807, 2.05) is 0 Å². The number of hydrogen-bond donors (Lipinski definition) is 1. The van der Waals surface area contributed by atoms with Crippen molar-refractivity contribution in [2.24, 2.45) is 0 Å². The van der Waals surface area contributed by atoms with Crippen LogP contribution in [0.1, 0.15) is 11.3 Å². The molecule has 72 valence electrons. The molecule has 5 heteroatoms. The van der Waals surface area contributed by atoms with Crippen molar-refractivity contribution < 1.29 is 9.02 Å². The first-order valence-electron chi connectivity index (χ1n) is 4.07. The third kappa shape index (κ3) is 1.71. The van der Waals surface area contributed by atoms with Crippen LogP contribution in [0.5, 0.6) is 0 Å². The van der Waals surface area contributed by atoms with Crippen molar-refractivity contribution in [1.29, 1.82) is 0 Å². The van der Waals surface area contributed by atoms with E-state index in [0.717, 1.165) is 5.56 Å². The lowest BCUT2D eigenvalue weighted by molar-refractivity contribution is 0.305. The highest BCUT2D eigenvalue weighted by Crippen LogP contribution is 2.12. The highest BCUT2D eigenvalue weighted by Gasteiger charge is 2.06. The van der Waals surface area contributed by atoms with Crippen LogP contribution in [0.4, 0.5) is 10.2 Å². The van der Waals surface area contributed by atoms with Crippen LogP contribution in [0.2, 0.25) is 0 Å². The Morgan fingerprint density at radius 1 is 1.21 bits per heavy atom. The summed E-state index contributed by atoms with van der Waals surface area (Å²) in [6.07, 6.45) is 0.496. The number of anilines is 1. The van der Waals surface area contributed by atoms with Crippen molar-refractivity contribution >= 4 is 5.82 Å². The third-order valence-corrected chi connectivity index (χ3v) is 1.87. The van der Waals surface area contributed by atoms with Gasteiger partial charge in [0.25, 0.3) is 0 Å². The quantitative estimate of drug-likeness (QED) is 0.782. The second-order valence-corrected chi connectivity index (χ2v) is 2.90. The van der Waals surface area contributed by atoms with Gasteiger partial charge in [0.2, 0.25) is 0 Å². The molecule has 14 heavy (non-hydrogen) atoms. The molecule has 1 aromatic carbocycles. The highest BCUT2D eigenvalue weighted by molar-refractivity contribution is 5.35. The van der Waals surface area contributed by atoms with Gasteiger partial charge in [-0.3, -0.25) is 0 Å². The molecule has 0 aliphatic carbocycles. The number of nitrogens with two attached hydrogens (primary N) is 1. The van der Waals surface area contributed by atoms with Gasteiger partial charge in [-0.05, 0) is 22.9 Å². The van der Waals surface area contributed by atoms with Gasteiger partial charge in [-0.2, -0.15) is 0 Å². The average molecular weight is 193 g/mol. The van der Waals surface area contributed by atoms with Crippen molar-refractivity contribution in [3.63, 3.8) is 0 Å². The van der Waals surface area contributed by atoms with Gasteiger partial charge in [0.05, 0.1) is 0 Å². The topological polar surface area (TPSA) is 64.9 Å². The number of rotatable bonds is 2. The number of nitrogen functional groups attached to an aromatic ring is 1. The standard InChI is InChI=1S/C9H8FN3O/c10-7-3-1-6(2-4-7)5-8-9(11)13-14-12-8/h1-4H,5H2,(H2,11,13). The van der Waals surface area contributed by atoms with Gasteiger partial charge in [0.1, 0.15) is 11.5 Å². The van der Waals surface area contributed by atoms with Crippen molar-refractivity contribution in [2.45, 2.75) is 6.42 Å². The summed E-state index contributed by atoms with van der Waals surface area (Å²) in [5.74, 6) is 0.00863. The van der Waals surface area contributed by atoms with E-state index in [2.05, 4.69) is 14.9 Å². The van der Waals surface area contributed by atoms with Crippen LogP contribution < -0.4 is 5.73 Å². The van der Waals surface area contributed by atoms with Crippen LogP contribution >= 0.6 is 0 Å². The fourth-order valence-corrected chi connectivity index (χ4v) is 1.13. The highest BCUT2D eigenvalue weighted by atomic mass is 19.1. The fourth-order valence-electron chi connectivity index (χ4n) is 1.13. The molecule has 1 aromatic heterocycles. The lowest BCUT2D eigenvalue weighted by Gasteiger charge is -1.96. The van der Waals surface area contributed by atoms with Crippen molar-refractivity contribution in [2.75, 3.05) is 5.73 Å². The Hall–Kier alpha value is -1.91. The fraction of sp³-hybridized carbons (Fsp3) is 0.111. The first kappa shape index (κ1) is 8.68. The third-order valence-electron chi connectivity index (χ3n) is 1.87. The molecule has 0 fully saturated rings. The van der Waals surface area contributed by atoms with E-state index in [0.29, 0.717) is 12.1 Å². The Bertz CT molecular complexity index is 424. The zero-order chi connectivity index (χ0) is 9.97. The van der Waals surface area contributed by atoms with Gasteiger partial charge in [-0.15, -0.1) is 0 Å². The average Bonchev–Trinajstić information content (AvgIpc) is 2.56. The van der Waals surface area contributed by atoms with Crippen LogP contribution in [0.25, 0.3) is 0 Å². The monoisotopic (exact) mass is 193 g/mol. The summed E-state index contributed by atoms with van der Waals surface area (Å²) in [6, 6.07) is 6.12. The molecule has 2 rings (SSSR count). The normalized spacial score (nSPS) is 10.4. The Kier molecular flexibility index (Phi) is 2.14. The largest absolute Gasteiger partial charge is 0.379 e. The first-order chi connectivity index (χ1) is 6.75. The van der Waals surface area contributed by atoms with Crippen LogP contribution in [0, 0.1) is 5.82 Å². The van der Waals surface area contributed by atoms with Crippen molar-refractivity contribution in [3.8, 4) is 0 Å². The predicted molar refractivity (Wildman–Crippen MR) is 47.9 cm³/mol. The Labute approximate surface area is 79.5 Å². The number of benzene rings is 1. The summed E-state index contributed by atoms with van der Waals surface area (Å²) in [7, 11) is 0. The summed E-state index contributed by atoms with van der Waals surface area (Å²) in [6.45, 7) is 0. The molecule has 0 atom stereocenters. The molecule has 0 aliphatic rings. The minimum Gasteiger partial charge on any atom is -0.379 e. The van der Waals surface area contributed by atoms with E-state index in [1.165, 1.54) is 12.1 Å². The maximum Gasteiger partial charge on any atom is 0.191 e. The minimum absolute atomic E-state index is 0.264. The molecule has 0 saturated carbocycles. The second-order valence-electron chi connectivity index (χ2n) is 2.90. The molecule has 1 heterocycles. The maximum atomic E-state index is 12.6. The maximum absolute atomic E-state index is 12.6. The van der Waals surface area contributed by atoms with Crippen LogP contribution in [-0.2, 0) is 6.42 Å². The SMILES string of the molecule is Nc1nonc1Cc1ccc(F)cc1. The number of hydrogen-bond acceptors (Lipinski definition) is 4. The molecule has 0 spiro atoms. The number of nitrogens with zero attached hydrogens (tertiary/aromatic N) is 2. The predicted octanol–water partition coefficient (Wildman–Crippen LogP) is 1.38.